The van der Waals surface area contributed by atoms with Gasteiger partial charge in [-0.25, -0.2) is 23.5 Å². The van der Waals surface area contributed by atoms with E-state index in [0.717, 1.165) is 6.33 Å². The first-order valence-corrected chi connectivity index (χ1v) is 18.3. The van der Waals surface area contributed by atoms with Crippen molar-refractivity contribution in [2.45, 2.75) is 49.5 Å². The van der Waals surface area contributed by atoms with E-state index in [2.05, 4.69) is 49.4 Å². The first-order valence-electron chi connectivity index (χ1n) is 12.9. The number of halogens is 1. The van der Waals surface area contributed by atoms with Gasteiger partial charge in [-0.2, -0.15) is 4.98 Å². The molecule has 2 bridgehead atoms. The fraction of sp³-hybridized carbons (Fsp3) is 0.476. The molecule has 23 heteroatoms. The molecule has 2 unspecified atom stereocenters. The normalized spacial score (nSPS) is 36.6. The number of thiol groups is 2. The molecule has 0 saturated carbocycles. The molecular formula is C21H23FN8O10P2S2. The van der Waals surface area contributed by atoms with Crippen LogP contribution >= 0.6 is 38.1 Å². The van der Waals surface area contributed by atoms with Crippen molar-refractivity contribution >= 4 is 66.2 Å². The zero-order chi connectivity index (χ0) is 31.0. The summed E-state index contributed by atoms with van der Waals surface area (Å²) in [4.78, 5) is 41.5. The van der Waals surface area contributed by atoms with Crippen LogP contribution in [0, 0.1) is 0 Å². The lowest BCUT2D eigenvalue weighted by atomic mass is 10.1. The molecule has 7 rings (SSSR count). The summed E-state index contributed by atoms with van der Waals surface area (Å²) in [6.45, 7) is -9.66. The zero-order valence-corrected chi connectivity index (χ0v) is 25.6. The van der Waals surface area contributed by atoms with Crippen molar-refractivity contribution in [2.75, 3.05) is 18.9 Å². The molecule has 0 spiro atoms. The molecule has 236 valence electrons. The number of imidazole rings is 1. The lowest BCUT2D eigenvalue weighted by Gasteiger charge is -2.26. The van der Waals surface area contributed by atoms with Crippen LogP contribution in [0.4, 0.5) is 10.3 Å². The molecule has 0 aliphatic carbocycles. The van der Waals surface area contributed by atoms with Crippen LogP contribution in [0.2, 0.25) is 0 Å². The highest BCUT2D eigenvalue weighted by atomic mass is 32.7. The first kappa shape index (κ1) is 30.1. The van der Waals surface area contributed by atoms with Gasteiger partial charge in [0.1, 0.15) is 36.3 Å². The Morgan fingerprint density at radius 1 is 0.977 bits per heavy atom. The maximum Gasteiger partial charge on any atom is 0.386 e. The Balaban J connectivity index is 1.19. The van der Waals surface area contributed by atoms with Gasteiger partial charge in [0.05, 0.1) is 31.3 Å². The van der Waals surface area contributed by atoms with Crippen LogP contribution in [0.25, 0.3) is 22.2 Å². The van der Waals surface area contributed by atoms with Crippen molar-refractivity contribution in [3.8, 4) is 0 Å². The van der Waals surface area contributed by atoms with Crippen LogP contribution in [0.1, 0.15) is 18.9 Å². The third-order valence-electron chi connectivity index (χ3n) is 7.32. The second kappa shape index (κ2) is 11.0. The molecule has 4 aromatic rings. The fourth-order valence-corrected chi connectivity index (χ4v) is 8.34. The molecule has 4 N–H and O–H groups in total. The number of ether oxygens (including phenoxy) is 2. The smallest absolute Gasteiger partial charge is 0.369 e. The summed E-state index contributed by atoms with van der Waals surface area (Å²) >= 11 is 8.12. The van der Waals surface area contributed by atoms with Crippen molar-refractivity contribution in [1.29, 1.82) is 0 Å². The average molecular weight is 693 g/mol. The van der Waals surface area contributed by atoms with Crippen LogP contribution < -0.4 is 16.9 Å². The SMILES string of the molecule is Nc1nc2c(ncn2[C@@H]2O[C@@H]3COP(=O)(S)O[C@H]4C[C@H](n5ccc6c(=O)[nH]cnc65)O[C@@H]4COP(=O)(S)O[C@@H]2[C@@H]3F)c(=O)[nH]1. The Morgan fingerprint density at radius 2 is 1.73 bits per heavy atom. The predicted molar refractivity (Wildman–Crippen MR) is 155 cm³/mol. The number of anilines is 1. The zero-order valence-electron chi connectivity index (χ0n) is 22.0. The van der Waals surface area contributed by atoms with Gasteiger partial charge >= 0.3 is 13.6 Å². The highest BCUT2D eigenvalue weighted by molar-refractivity contribution is 8.44. The van der Waals surface area contributed by atoms with Crippen LogP contribution in [-0.2, 0) is 36.7 Å². The largest absolute Gasteiger partial charge is 0.386 e. The number of nitrogens with two attached hydrogens (primary N) is 1. The van der Waals surface area contributed by atoms with Crippen LogP contribution in [0.15, 0.2) is 34.5 Å². The lowest BCUT2D eigenvalue weighted by molar-refractivity contribution is -0.0559. The monoisotopic (exact) mass is 692 g/mol. The summed E-state index contributed by atoms with van der Waals surface area (Å²) in [6.07, 6.45) is -5.29. The van der Waals surface area contributed by atoms with E-state index < -0.39 is 75.4 Å². The van der Waals surface area contributed by atoms with Gasteiger partial charge in [0.2, 0.25) is 5.95 Å². The number of alkyl halides is 1. The molecular weight excluding hydrogens is 669 g/mol. The minimum Gasteiger partial charge on any atom is -0.369 e. The van der Waals surface area contributed by atoms with Gasteiger partial charge in [0.15, 0.2) is 23.6 Å². The standard InChI is InChI=1S/C21H23FN8O10P2S2/c22-13-11-5-36-41(33,43)39-9-3-12(29-2-1-8-16(29)24-6-25-18(8)31)37-10(9)4-35-42(34,44)40-15(13)20(38-11)30-7-26-14-17(30)27-21(23)28-19(14)32/h1-2,6-7,9-13,15,20H,3-5H2,(H,33,43)(H,34,44)(H,24,25,31)(H3,23,27,28,32)/t9-,10+,11+,12+,13+,15+,20+,41?,42?/m0/s1. The quantitative estimate of drug-likeness (QED) is 0.149. The average Bonchev–Trinajstić information content (AvgIpc) is 3.72. The number of aromatic amines is 2. The molecule has 4 aromatic heterocycles. The van der Waals surface area contributed by atoms with Crippen molar-refractivity contribution in [3.05, 3.63) is 45.6 Å². The van der Waals surface area contributed by atoms with Gasteiger partial charge < -0.3 is 24.8 Å². The van der Waals surface area contributed by atoms with E-state index in [9.17, 15) is 18.7 Å². The molecule has 9 atom stereocenters. The molecule has 3 fully saturated rings. The van der Waals surface area contributed by atoms with E-state index in [1.165, 1.54) is 10.9 Å². The number of hydrogen-bond acceptors (Lipinski definition) is 14. The third kappa shape index (κ3) is 5.44. The summed E-state index contributed by atoms with van der Waals surface area (Å²) in [5.74, 6) is -0.241. The number of H-pyrrole nitrogens is 2. The maximum absolute atomic E-state index is 15.8. The van der Waals surface area contributed by atoms with Gasteiger partial charge in [-0.15, -0.1) is 0 Å². The molecule has 3 aliphatic rings. The second-order valence-corrected chi connectivity index (χ2v) is 15.8. The Labute approximate surface area is 255 Å². The summed E-state index contributed by atoms with van der Waals surface area (Å²) in [7, 11) is 0. The lowest BCUT2D eigenvalue weighted by Crippen LogP contribution is -2.32. The molecule has 3 saturated heterocycles. The molecule has 0 amide bonds. The van der Waals surface area contributed by atoms with Crippen molar-refractivity contribution in [2.24, 2.45) is 0 Å². The minimum absolute atomic E-state index is 0.0667. The highest BCUT2D eigenvalue weighted by Crippen LogP contribution is 2.60. The van der Waals surface area contributed by atoms with Crippen molar-refractivity contribution in [3.63, 3.8) is 0 Å². The minimum atomic E-state index is -4.36. The molecule has 7 heterocycles. The molecule has 18 nitrogen and oxygen atoms in total. The van der Waals surface area contributed by atoms with E-state index >= 15 is 4.39 Å². The van der Waals surface area contributed by atoms with Crippen LogP contribution in [0.5, 0.6) is 0 Å². The van der Waals surface area contributed by atoms with Crippen molar-refractivity contribution in [1.82, 2.24) is 34.1 Å². The number of nitrogens with one attached hydrogen (secondary N) is 2. The van der Waals surface area contributed by atoms with E-state index in [1.54, 1.807) is 16.8 Å². The van der Waals surface area contributed by atoms with Crippen LogP contribution in [0.3, 0.4) is 0 Å². The summed E-state index contributed by atoms with van der Waals surface area (Å²) < 4.78 is 79.5. The number of hydrogen-bond donors (Lipinski definition) is 5. The number of fused-ring (bicyclic) bond motifs is 5. The van der Waals surface area contributed by atoms with E-state index in [0.29, 0.717) is 11.0 Å². The fourth-order valence-electron chi connectivity index (χ4n) is 5.36. The van der Waals surface area contributed by atoms with Gasteiger partial charge in [-0.1, -0.05) is 24.5 Å². The second-order valence-electron chi connectivity index (χ2n) is 10.1. The summed E-state index contributed by atoms with van der Waals surface area (Å²) in [5.41, 5.74) is 4.79. The van der Waals surface area contributed by atoms with Crippen molar-refractivity contribution < 1.29 is 41.1 Å². The molecule has 0 aromatic carbocycles. The Morgan fingerprint density at radius 3 is 2.52 bits per heavy atom. The topological polar surface area (TPSA) is 230 Å². The number of nitrogens with zero attached hydrogens (tertiary/aromatic N) is 5. The van der Waals surface area contributed by atoms with Gasteiger partial charge in [0.25, 0.3) is 11.1 Å². The van der Waals surface area contributed by atoms with E-state index in [4.69, 9.17) is 33.3 Å². The van der Waals surface area contributed by atoms with Gasteiger partial charge in [-0.3, -0.25) is 37.2 Å². The first-order chi connectivity index (χ1) is 20.9. The van der Waals surface area contributed by atoms with Gasteiger partial charge in [-0.05, 0) is 6.07 Å². The summed E-state index contributed by atoms with van der Waals surface area (Å²) in [6, 6.07) is 1.56. The Kier molecular flexibility index (Phi) is 7.55. The number of aromatic nitrogens is 7. The van der Waals surface area contributed by atoms with E-state index in [-0.39, 0.29) is 29.1 Å². The van der Waals surface area contributed by atoms with Crippen LogP contribution in [-0.4, -0.2) is 77.9 Å². The van der Waals surface area contributed by atoms with E-state index in [1.807, 2.05) is 0 Å². The predicted octanol–water partition coefficient (Wildman–Crippen LogP) is 1.86. The Hall–Kier alpha value is -2.58. The maximum atomic E-state index is 15.8. The molecule has 0 radical (unpaired) electrons. The van der Waals surface area contributed by atoms with Gasteiger partial charge in [0, 0.05) is 12.6 Å². The molecule has 3 aliphatic heterocycles. The Bertz CT molecular complexity index is 1970. The highest BCUT2D eigenvalue weighted by Gasteiger charge is 2.52. The number of nitrogen functional groups attached to an aromatic ring is 1. The number of rotatable bonds is 2. The molecule has 44 heavy (non-hydrogen) atoms. The summed E-state index contributed by atoms with van der Waals surface area (Å²) in [5, 5.41) is 0.311. The third-order valence-corrected chi connectivity index (χ3v) is 10.6.